The molecule has 138 valence electrons. The van der Waals surface area contributed by atoms with Crippen molar-refractivity contribution in [3.05, 3.63) is 29.8 Å². The fraction of sp³-hybridized carbons (Fsp3) is 0.500. The first-order chi connectivity index (χ1) is 12.5. The lowest BCUT2D eigenvalue weighted by Gasteiger charge is -2.39. The number of carbonyl (C=O) groups excluding carboxylic acids is 3. The lowest BCUT2D eigenvalue weighted by molar-refractivity contribution is -0.414. The third-order valence-corrected chi connectivity index (χ3v) is 5.56. The zero-order chi connectivity index (χ0) is 18.4. The van der Waals surface area contributed by atoms with Crippen LogP contribution in [0.5, 0.6) is 5.75 Å². The quantitative estimate of drug-likeness (QED) is 0.694. The van der Waals surface area contributed by atoms with Crippen LogP contribution in [0.15, 0.2) is 24.3 Å². The third-order valence-electron chi connectivity index (χ3n) is 5.56. The minimum absolute atomic E-state index is 0.0121. The van der Waals surface area contributed by atoms with Gasteiger partial charge in [0.15, 0.2) is 0 Å². The lowest BCUT2D eigenvalue weighted by atomic mass is 10.0. The van der Waals surface area contributed by atoms with Gasteiger partial charge in [0.05, 0.1) is 19.7 Å². The molecule has 26 heavy (non-hydrogen) atoms. The summed E-state index contributed by atoms with van der Waals surface area (Å²) in [6.45, 7) is 1.01. The summed E-state index contributed by atoms with van der Waals surface area (Å²) in [5.74, 6) is 0.336. The number of nitrogens with one attached hydrogen (secondary N) is 1. The predicted molar refractivity (Wildman–Crippen MR) is 91.2 cm³/mol. The molecule has 3 amide bonds. The average Bonchev–Trinajstić information content (AvgIpc) is 3.24. The van der Waals surface area contributed by atoms with Crippen molar-refractivity contribution in [1.82, 2.24) is 15.1 Å². The number of carbonyl (C=O) groups is 3. The molecule has 0 aliphatic carbocycles. The molecule has 3 aliphatic rings. The smallest absolute Gasteiger partial charge is 0.251 e. The Bertz CT molecular complexity index is 750. The Hall–Kier alpha value is -2.61. The van der Waals surface area contributed by atoms with Crippen molar-refractivity contribution in [2.24, 2.45) is 0 Å². The van der Waals surface area contributed by atoms with Crippen LogP contribution in [-0.2, 0) is 9.59 Å². The maximum absolute atomic E-state index is 12.9. The molecule has 1 aromatic rings. The van der Waals surface area contributed by atoms with Gasteiger partial charge >= 0.3 is 0 Å². The van der Waals surface area contributed by atoms with E-state index in [1.807, 2.05) is 0 Å². The van der Waals surface area contributed by atoms with Gasteiger partial charge < -0.3 is 25.6 Å². The Morgan fingerprint density at radius 3 is 2.62 bits per heavy atom. The second kappa shape index (κ2) is 6.28. The summed E-state index contributed by atoms with van der Waals surface area (Å²) in [4.78, 5) is 41.5. The lowest BCUT2D eigenvalue weighted by Crippen LogP contribution is -2.65. The Balaban J connectivity index is 1.50. The summed E-state index contributed by atoms with van der Waals surface area (Å²) >= 11 is 0. The van der Waals surface area contributed by atoms with Crippen molar-refractivity contribution in [2.45, 2.75) is 37.0 Å². The van der Waals surface area contributed by atoms with E-state index in [1.165, 1.54) is 0 Å². The minimum Gasteiger partial charge on any atom is -0.497 e. The molecule has 0 saturated carbocycles. The molecule has 0 spiro atoms. The van der Waals surface area contributed by atoms with E-state index in [1.54, 1.807) is 41.2 Å². The van der Waals surface area contributed by atoms with E-state index >= 15 is 0 Å². The molecule has 4 atom stereocenters. The summed E-state index contributed by atoms with van der Waals surface area (Å²) in [5, 5.41) is 2.94. The maximum atomic E-state index is 12.9. The molecule has 3 saturated heterocycles. The first kappa shape index (κ1) is 16.8. The molecule has 4 N–H and O–H groups in total. The minimum atomic E-state index is -0.605. The van der Waals surface area contributed by atoms with Gasteiger partial charge in [-0.05, 0) is 30.7 Å². The topological polar surface area (TPSA) is 107 Å². The molecule has 0 radical (unpaired) electrons. The number of hydrogen-bond donors (Lipinski definition) is 2. The monoisotopic (exact) mass is 359 g/mol. The molecular formula is C18H23N4O4+. The zero-order valence-corrected chi connectivity index (χ0v) is 14.7. The number of fused-ring (bicyclic) bond motifs is 2. The summed E-state index contributed by atoms with van der Waals surface area (Å²) in [5.41, 5.74) is 4.50. The van der Waals surface area contributed by atoms with E-state index < -0.39 is 6.04 Å². The van der Waals surface area contributed by atoms with E-state index in [-0.39, 0.29) is 35.8 Å². The Morgan fingerprint density at radius 1 is 1.19 bits per heavy atom. The van der Waals surface area contributed by atoms with E-state index in [2.05, 4.69) is 11.1 Å². The second-order valence-electron chi connectivity index (χ2n) is 7.18. The second-order valence-corrected chi connectivity index (χ2v) is 7.18. The van der Waals surface area contributed by atoms with Gasteiger partial charge in [0.25, 0.3) is 5.91 Å². The maximum Gasteiger partial charge on any atom is 0.251 e. The molecule has 8 heteroatoms. The van der Waals surface area contributed by atoms with Gasteiger partial charge in [-0.3, -0.25) is 14.4 Å². The van der Waals surface area contributed by atoms with Gasteiger partial charge in [-0.25, -0.2) is 0 Å². The number of hydrogen-bond acceptors (Lipinski definition) is 4. The molecule has 8 nitrogen and oxygen atoms in total. The van der Waals surface area contributed by atoms with Crippen LogP contribution in [0.4, 0.5) is 0 Å². The number of rotatable bonds is 3. The van der Waals surface area contributed by atoms with E-state index in [4.69, 9.17) is 4.74 Å². The Kier molecular flexibility index (Phi) is 4.07. The molecule has 0 bridgehead atoms. The fourth-order valence-electron chi connectivity index (χ4n) is 4.25. The zero-order valence-electron chi connectivity index (χ0n) is 14.7. The van der Waals surface area contributed by atoms with Gasteiger partial charge in [-0.15, -0.1) is 0 Å². The Labute approximate surface area is 151 Å². The van der Waals surface area contributed by atoms with Gasteiger partial charge in [0.1, 0.15) is 23.9 Å². The highest BCUT2D eigenvalue weighted by atomic mass is 16.5. The summed E-state index contributed by atoms with van der Waals surface area (Å²) < 4.78 is 5.10. The highest BCUT2D eigenvalue weighted by Crippen LogP contribution is 2.31. The van der Waals surface area contributed by atoms with Crippen molar-refractivity contribution >= 4 is 17.7 Å². The van der Waals surface area contributed by atoms with Crippen molar-refractivity contribution in [2.75, 3.05) is 20.2 Å². The van der Waals surface area contributed by atoms with E-state index in [0.717, 1.165) is 0 Å². The predicted octanol–water partition coefficient (Wildman–Crippen LogP) is -1.38. The number of ether oxygens (including phenoxy) is 1. The molecule has 4 rings (SSSR count). The van der Waals surface area contributed by atoms with Crippen LogP contribution in [0.3, 0.4) is 0 Å². The molecular weight excluding hydrogens is 336 g/mol. The SMILES string of the molecule is COc1ccc(C(=O)N[C@H]2CCN3C(=O)[C@@H]4C[C@H]([NH3+])CN4C(=O)[C@H]23)cc1. The molecule has 1 aromatic carbocycles. The third kappa shape index (κ3) is 2.61. The normalized spacial score (nSPS) is 30.2. The number of piperazine rings is 1. The van der Waals surface area contributed by atoms with Crippen LogP contribution in [0.25, 0.3) is 0 Å². The molecule has 0 aromatic heterocycles. The summed E-state index contributed by atoms with van der Waals surface area (Å²) in [6, 6.07) is 5.52. The van der Waals surface area contributed by atoms with Crippen LogP contribution >= 0.6 is 0 Å². The molecule has 0 unspecified atom stereocenters. The number of nitrogens with zero attached hydrogens (tertiary/aromatic N) is 2. The Morgan fingerprint density at radius 2 is 1.92 bits per heavy atom. The van der Waals surface area contributed by atoms with Crippen molar-refractivity contribution < 1.29 is 24.9 Å². The van der Waals surface area contributed by atoms with E-state index in [9.17, 15) is 14.4 Å². The highest BCUT2D eigenvalue weighted by Gasteiger charge is 2.55. The first-order valence-electron chi connectivity index (χ1n) is 8.88. The van der Waals surface area contributed by atoms with Crippen LogP contribution in [0.2, 0.25) is 0 Å². The van der Waals surface area contributed by atoms with Crippen molar-refractivity contribution in [3.8, 4) is 5.75 Å². The number of methoxy groups -OCH3 is 1. The van der Waals surface area contributed by atoms with Crippen molar-refractivity contribution in [1.29, 1.82) is 0 Å². The standard InChI is InChI=1S/C18H22N4O4/c1-26-12-4-2-10(3-5-12)16(23)20-13-6-7-21-15(13)18(25)22-9-11(19)8-14(22)17(21)24/h2-5,11,13-15H,6-9,19H2,1H3,(H,20,23)/p+1/t11-,13-,14-,15-/m0/s1. The largest absolute Gasteiger partial charge is 0.497 e. The van der Waals surface area contributed by atoms with Crippen LogP contribution in [-0.4, -0.2) is 71.9 Å². The van der Waals surface area contributed by atoms with Gasteiger partial charge in [0.2, 0.25) is 11.8 Å². The molecule has 3 fully saturated rings. The molecule has 3 aliphatic heterocycles. The van der Waals surface area contributed by atoms with Gasteiger partial charge in [0, 0.05) is 18.5 Å². The van der Waals surface area contributed by atoms with E-state index in [0.29, 0.717) is 37.2 Å². The van der Waals surface area contributed by atoms with Crippen LogP contribution in [0.1, 0.15) is 23.2 Å². The van der Waals surface area contributed by atoms with Crippen LogP contribution in [0, 0.1) is 0 Å². The first-order valence-corrected chi connectivity index (χ1v) is 8.88. The number of quaternary nitrogens is 1. The summed E-state index contributed by atoms with van der Waals surface area (Å²) in [6.07, 6.45) is 1.20. The number of amides is 3. The number of benzene rings is 1. The van der Waals surface area contributed by atoms with Crippen LogP contribution < -0.4 is 15.8 Å². The van der Waals surface area contributed by atoms with Gasteiger partial charge in [-0.2, -0.15) is 0 Å². The summed E-state index contributed by atoms with van der Waals surface area (Å²) in [7, 11) is 1.57. The van der Waals surface area contributed by atoms with Gasteiger partial charge in [-0.1, -0.05) is 0 Å². The highest BCUT2D eigenvalue weighted by molar-refractivity contribution is 6.00. The van der Waals surface area contributed by atoms with Crippen molar-refractivity contribution in [3.63, 3.8) is 0 Å². The fourth-order valence-corrected chi connectivity index (χ4v) is 4.25. The average molecular weight is 359 g/mol. The molecule has 3 heterocycles.